The molecule has 7 heteroatoms. The molecule has 0 aliphatic carbocycles. The lowest BCUT2D eigenvalue weighted by Gasteiger charge is -2.15. The SMILES string of the molecule is CC(Oc1ccc2c(c1)OCO2)C(=O)NCc1cccnc1-c1cccs1. The summed E-state index contributed by atoms with van der Waals surface area (Å²) in [6.45, 7) is 2.30. The van der Waals surface area contributed by atoms with E-state index in [1.807, 2.05) is 29.6 Å². The fraction of sp³-hybridized carbons (Fsp3) is 0.200. The van der Waals surface area contributed by atoms with Gasteiger partial charge in [0.05, 0.1) is 10.6 Å². The number of carbonyl (C=O) groups is 1. The number of amides is 1. The second kappa shape index (κ2) is 7.67. The molecule has 2 aromatic heterocycles. The molecule has 1 aromatic carbocycles. The molecule has 0 fully saturated rings. The molecule has 1 aliphatic heterocycles. The Kier molecular flexibility index (Phi) is 4.93. The van der Waals surface area contributed by atoms with Gasteiger partial charge in [-0.05, 0) is 42.1 Å². The van der Waals surface area contributed by atoms with Crippen LogP contribution < -0.4 is 19.5 Å². The maximum Gasteiger partial charge on any atom is 0.261 e. The standard InChI is InChI=1S/C20H18N2O4S/c1-13(26-15-6-7-16-17(10-15)25-12-24-16)20(23)22-11-14-4-2-8-21-19(14)18-5-3-9-27-18/h2-10,13H,11-12H2,1H3,(H,22,23). The number of carbonyl (C=O) groups excluding carboxylic acids is 1. The van der Waals surface area contributed by atoms with Crippen LogP contribution in [-0.2, 0) is 11.3 Å². The van der Waals surface area contributed by atoms with Gasteiger partial charge in [-0.2, -0.15) is 0 Å². The molecule has 6 nitrogen and oxygen atoms in total. The highest BCUT2D eigenvalue weighted by Gasteiger charge is 2.18. The maximum absolute atomic E-state index is 12.4. The van der Waals surface area contributed by atoms with E-state index in [0.29, 0.717) is 23.8 Å². The van der Waals surface area contributed by atoms with Crippen LogP contribution in [0.2, 0.25) is 0 Å². The van der Waals surface area contributed by atoms with Gasteiger partial charge in [-0.15, -0.1) is 11.3 Å². The molecule has 0 radical (unpaired) electrons. The van der Waals surface area contributed by atoms with Crippen LogP contribution in [0.1, 0.15) is 12.5 Å². The number of hydrogen-bond acceptors (Lipinski definition) is 6. The summed E-state index contributed by atoms with van der Waals surface area (Å²) in [6.07, 6.45) is 1.11. The summed E-state index contributed by atoms with van der Waals surface area (Å²) in [5, 5.41) is 4.93. The number of pyridine rings is 1. The molecule has 1 unspecified atom stereocenters. The minimum Gasteiger partial charge on any atom is -0.481 e. The van der Waals surface area contributed by atoms with E-state index in [0.717, 1.165) is 16.1 Å². The molecule has 1 amide bonds. The molecule has 0 bridgehead atoms. The second-order valence-corrected chi connectivity index (χ2v) is 6.93. The van der Waals surface area contributed by atoms with Crippen LogP contribution in [0.4, 0.5) is 0 Å². The van der Waals surface area contributed by atoms with Gasteiger partial charge >= 0.3 is 0 Å². The van der Waals surface area contributed by atoms with Crippen molar-refractivity contribution >= 4 is 17.2 Å². The van der Waals surface area contributed by atoms with E-state index < -0.39 is 6.10 Å². The molecule has 0 spiro atoms. The molecule has 1 N–H and O–H groups in total. The topological polar surface area (TPSA) is 69.7 Å². The third-order valence-corrected chi connectivity index (χ3v) is 5.00. The zero-order valence-corrected chi connectivity index (χ0v) is 15.5. The minimum atomic E-state index is -0.646. The van der Waals surface area contributed by atoms with Crippen LogP contribution >= 0.6 is 11.3 Å². The quantitative estimate of drug-likeness (QED) is 0.705. The van der Waals surface area contributed by atoms with Crippen molar-refractivity contribution < 1.29 is 19.0 Å². The van der Waals surface area contributed by atoms with Crippen molar-refractivity contribution in [3.05, 3.63) is 59.6 Å². The highest BCUT2D eigenvalue weighted by atomic mass is 32.1. The second-order valence-electron chi connectivity index (χ2n) is 5.98. The number of aromatic nitrogens is 1. The summed E-state index contributed by atoms with van der Waals surface area (Å²) in [5.41, 5.74) is 1.85. The number of benzene rings is 1. The predicted molar refractivity (Wildman–Crippen MR) is 102 cm³/mol. The highest BCUT2D eigenvalue weighted by Crippen LogP contribution is 2.35. The van der Waals surface area contributed by atoms with Crippen molar-refractivity contribution in [2.24, 2.45) is 0 Å². The molecule has 3 heterocycles. The molecule has 3 aromatic rings. The summed E-state index contributed by atoms with van der Waals surface area (Å²) in [5.74, 6) is 1.66. The third kappa shape index (κ3) is 3.88. The number of rotatable bonds is 6. The zero-order valence-electron chi connectivity index (χ0n) is 14.7. The first kappa shape index (κ1) is 17.4. The van der Waals surface area contributed by atoms with Crippen LogP contribution in [0.3, 0.4) is 0 Å². The maximum atomic E-state index is 12.4. The van der Waals surface area contributed by atoms with E-state index in [4.69, 9.17) is 14.2 Å². The van der Waals surface area contributed by atoms with Crippen molar-refractivity contribution in [3.8, 4) is 27.8 Å². The monoisotopic (exact) mass is 382 g/mol. The van der Waals surface area contributed by atoms with Crippen molar-refractivity contribution in [2.75, 3.05) is 6.79 Å². The van der Waals surface area contributed by atoms with Crippen molar-refractivity contribution in [1.29, 1.82) is 0 Å². The number of hydrogen-bond donors (Lipinski definition) is 1. The first-order valence-corrected chi connectivity index (χ1v) is 9.40. The Bertz CT molecular complexity index is 943. The first-order chi connectivity index (χ1) is 13.2. The van der Waals surface area contributed by atoms with Crippen LogP contribution in [0, 0.1) is 0 Å². The Balaban J connectivity index is 1.38. The van der Waals surface area contributed by atoms with Gasteiger partial charge in [0.2, 0.25) is 6.79 Å². The lowest BCUT2D eigenvalue weighted by molar-refractivity contribution is -0.127. The van der Waals surface area contributed by atoms with Gasteiger partial charge in [-0.1, -0.05) is 12.1 Å². The molecule has 27 heavy (non-hydrogen) atoms. The van der Waals surface area contributed by atoms with Gasteiger partial charge in [-0.3, -0.25) is 9.78 Å². The first-order valence-electron chi connectivity index (χ1n) is 8.52. The van der Waals surface area contributed by atoms with Gasteiger partial charge in [0, 0.05) is 18.8 Å². The van der Waals surface area contributed by atoms with Gasteiger partial charge < -0.3 is 19.5 Å². The molecule has 4 rings (SSSR count). The average molecular weight is 382 g/mol. The Morgan fingerprint density at radius 3 is 3.00 bits per heavy atom. The number of ether oxygens (including phenoxy) is 3. The summed E-state index contributed by atoms with van der Waals surface area (Å²) < 4.78 is 16.3. The Morgan fingerprint density at radius 1 is 1.26 bits per heavy atom. The summed E-state index contributed by atoms with van der Waals surface area (Å²) >= 11 is 1.62. The van der Waals surface area contributed by atoms with Crippen molar-refractivity contribution in [3.63, 3.8) is 0 Å². The third-order valence-electron chi connectivity index (χ3n) is 4.13. The fourth-order valence-corrected chi connectivity index (χ4v) is 3.51. The molecular weight excluding hydrogens is 364 g/mol. The van der Waals surface area contributed by atoms with Crippen molar-refractivity contribution in [1.82, 2.24) is 10.3 Å². The van der Waals surface area contributed by atoms with E-state index in [2.05, 4.69) is 10.3 Å². The van der Waals surface area contributed by atoms with E-state index in [9.17, 15) is 4.79 Å². The molecule has 1 atom stereocenters. The van der Waals surface area contributed by atoms with E-state index in [1.54, 1.807) is 42.7 Å². The van der Waals surface area contributed by atoms with Crippen LogP contribution in [0.5, 0.6) is 17.2 Å². The normalized spacial score (nSPS) is 13.2. The van der Waals surface area contributed by atoms with E-state index >= 15 is 0 Å². The number of fused-ring (bicyclic) bond motifs is 1. The number of nitrogens with zero attached hydrogens (tertiary/aromatic N) is 1. The van der Waals surface area contributed by atoms with E-state index in [-0.39, 0.29) is 12.7 Å². The summed E-state index contributed by atoms with van der Waals surface area (Å²) in [6, 6.07) is 13.1. The van der Waals surface area contributed by atoms with Gasteiger partial charge in [0.25, 0.3) is 5.91 Å². The van der Waals surface area contributed by atoms with Crippen LogP contribution in [-0.4, -0.2) is 23.8 Å². The van der Waals surface area contributed by atoms with E-state index in [1.165, 1.54) is 0 Å². The Hall–Kier alpha value is -3.06. The lowest BCUT2D eigenvalue weighted by atomic mass is 10.1. The fourth-order valence-electron chi connectivity index (χ4n) is 2.75. The average Bonchev–Trinajstić information content (AvgIpc) is 3.37. The van der Waals surface area contributed by atoms with Gasteiger partial charge in [0.15, 0.2) is 17.6 Å². The Labute approximate surface area is 160 Å². The van der Waals surface area contributed by atoms with Crippen LogP contribution in [0.25, 0.3) is 10.6 Å². The smallest absolute Gasteiger partial charge is 0.261 e. The molecule has 138 valence electrons. The molecule has 0 saturated carbocycles. The highest BCUT2D eigenvalue weighted by molar-refractivity contribution is 7.13. The number of nitrogens with one attached hydrogen (secondary N) is 1. The molecule has 0 saturated heterocycles. The largest absolute Gasteiger partial charge is 0.481 e. The minimum absolute atomic E-state index is 0.200. The number of thiophene rings is 1. The zero-order chi connectivity index (χ0) is 18.6. The molecular formula is C20H18N2O4S. The lowest BCUT2D eigenvalue weighted by Crippen LogP contribution is -2.36. The summed E-state index contributed by atoms with van der Waals surface area (Å²) in [7, 11) is 0. The predicted octanol–water partition coefficient (Wildman–Crippen LogP) is 3.62. The van der Waals surface area contributed by atoms with Crippen molar-refractivity contribution in [2.45, 2.75) is 19.6 Å². The van der Waals surface area contributed by atoms with Gasteiger partial charge in [0.1, 0.15) is 5.75 Å². The van der Waals surface area contributed by atoms with Gasteiger partial charge in [-0.25, -0.2) is 0 Å². The molecule has 1 aliphatic rings. The summed E-state index contributed by atoms with van der Waals surface area (Å²) in [4.78, 5) is 18.0. The van der Waals surface area contributed by atoms with Crippen LogP contribution in [0.15, 0.2) is 54.0 Å². The Morgan fingerprint density at radius 2 is 2.15 bits per heavy atom.